The first-order valence-electron chi connectivity index (χ1n) is 11.7. The van der Waals surface area contributed by atoms with Crippen LogP contribution in [0, 0.1) is 6.92 Å². The van der Waals surface area contributed by atoms with Gasteiger partial charge in [-0.2, -0.15) is 0 Å². The number of sulfonamides is 1. The monoisotopic (exact) mass is 491 g/mol. The molecule has 0 saturated carbocycles. The first-order valence-corrected chi connectivity index (χ1v) is 13.1. The van der Waals surface area contributed by atoms with Crippen molar-refractivity contribution in [3.8, 4) is 0 Å². The molecule has 2 amide bonds. The highest BCUT2D eigenvalue weighted by molar-refractivity contribution is 7.92. The predicted molar refractivity (Wildman–Crippen MR) is 138 cm³/mol. The minimum Gasteiger partial charge on any atom is -0.325 e. The molecule has 0 aliphatic carbocycles. The number of carbonyl (C=O) groups is 2. The SMILES string of the molecule is CCc1ccc(N(CC(=O)Nc2ccc(N3CCCC3=O)c(C)c2)S(=O)(=O)c2ccccc2)cc1. The van der Waals surface area contributed by atoms with Crippen molar-refractivity contribution in [2.45, 2.75) is 38.0 Å². The van der Waals surface area contributed by atoms with E-state index in [0.717, 1.165) is 34.0 Å². The van der Waals surface area contributed by atoms with Gasteiger partial charge < -0.3 is 10.2 Å². The van der Waals surface area contributed by atoms with Gasteiger partial charge in [0.05, 0.1) is 10.6 Å². The van der Waals surface area contributed by atoms with Crippen molar-refractivity contribution in [2.24, 2.45) is 0 Å². The Kier molecular flexibility index (Phi) is 7.21. The number of hydrogen-bond acceptors (Lipinski definition) is 4. The number of nitrogens with zero attached hydrogens (tertiary/aromatic N) is 2. The third-order valence-electron chi connectivity index (χ3n) is 6.10. The fourth-order valence-corrected chi connectivity index (χ4v) is 5.64. The van der Waals surface area contributed by atoms with Crippen LogP contribution >= 0.6 is 0 Å². The standard InChI is InChI=1S/C27H29N3O4S/c1-3-21-11-14-23(15-12-21)30(35(33,34)24-8-5-4-6-9-24)19-26(31)28-22-13-16-25(20(2)18-22)29-17-7-10-27(29)32/h4-6,8-9,11-16,18H,3,7,10,17,19H2,1-2H3,(H,28,31). The van der Waals surface area contributed by atoms with Crippen LogP contribution in [0.4, 0.5) is 17.1 Å². The zero-order valence-electron chi connectivity index (χ0n) is 19.9. The highest BCUT2D eigenvalue weighted by atomic mass is 32.2. The highest BCUT2D eigenvalue weighted by Gasteiger charge is 2.27. The highest BCUT2D eigenvalue weighted by Crippen LogP contribution is 2.28. The van der Waals surface area contributed by atoms with Crippen LogP contribution in [-0.4, -0.2) is 33.3 Å². The molecule has 3 aromatic carbocycles. The number of carbonyl (C=O) groups excluding carboxylic acids is 2. The van der Waals surface area contributed by atoms with Crippen LogP contribution in [0.2, 0.25) is 0 Å². The molecule has 4 rings (SSSR count). The molecule has 3 aromatic rings. The van der Waals surface area contributed by atoms with E-state index in [1.54, 1.807) is 47.4 Å². The van der Waals surface area contributed by atoms with E-state index in [4.69, 9.17) is 0 Å². The third-order valence-corrected chi connectivity index (χ3v) is 7.88. The van der Waals surface area contributed by atoms with E-state index < -0.39 is 15.9 Å². The summed E-state index contributed by atoms with van der Waals surface area (Å²) in [4.78, 5) is 27.0. The van der Waals surface area contributed by atoms with Crippen LogP contribution < -0.4 is 14.5 Å². The lowest BCUT2D eigenvalue weighted by atomic mass is 10.1. The van der Waals surface area contributed by atoms with Gasteiger partial charge in [-0.05, 0) is 73.4 Å². The molecule has 1 aliphatic rings. The molecule has 0 radical (unpaired) electrons. The lowest BCUT2D eigenvalue weighted by Gasteiger charge is -2.24. The largest absolute Gasteiger partial charge is 0.325 e. The molecule has 1 saturated heterocycles. The number of hydrogen-bond donors (Lipinski definition) is 1. The van der Waals surface area contributed by atoms with Crippen LogP contribution in [0.1, 0.15) is 30.9 Å². The fourth-order valence-electron chi connectivity index (χ4n) is 4.20. The van der Waals surface area contributed by atoms with E-state index in [0.29, 0.717) is 24.3 Å². The lowest BCUT2D eigenvalue weighted by Crippen LogP contribution is -2.38. The lowest BCUT2D eigenvalue weighted by molar-refractivity contribution is -0.117. The Bertz CT molecular complexity index is 1320. The topological polar surface area (TPSA) is 86.8 Å². The van der Waals surface area contributed by atoms with Gasteiger partial charge in [0.15, 0.2) is 0 Å². The summed E-state index contributed by atoms with van der Waals surface area (Å²) in [6.07, 6.45) is 2.20. The van der Waals surface area contributed by atoms with Crippen molar-refractivity contribution in [3.05, 3.63) is 83.9 Å². The van der Waals surface area contributed by atoms with Gasteiger partial charge in [-0.1, -0.05) is 37.3 Å². The number of rotatable bonds is 8. The Morgan fingerprint density at radius 2 is 1.74 bits per heavy atom. The summed E-state index contributed by atoms with van der Waals surface area (Å²) in [7, 11) is -3.96. The molecular formula is C27H29N3O4S. The maximum atomic E-state index is 13.5. The number of amides is 2. The van der Waals surface area contributed by atoms with Gasteiger partial charge in [-0.15, -0.1) is 0 Å². The van der Waals surface area contributed by atoms with Crippen LogP contribution in [0.3, 0.4) is 0 Å². The molecule has 7 nitrogen and oxygen atoms in total. The average molecular weight is 492 g/mol. The third kappa shape index (κ3) is 5.38. The molecular weight excluding hydrogens is 462 g/mol. The minimum absolute atomic E-state index is 0.0979. The smallest absolute Gasteiger partial charge is 0.264 e. The second-order valence-corrected chi connectivity index (χ2v) is 10.4. The van der Waals surface area contributed by atoms with Crippen LogP contribution in [-0.2, 0) is 26.0 Å². The second kappa shape index (κ2) is 10.3. The van der Waals surface area contributed by atoms with Crippen molar-refractivity contribution < 1.29 is 18.0 Å². The summed E-state index contributed by atoms with van der Waals surface area (Å²) in [5.41, 5.74) is 3.72. The fraction of sp³-hybridized carbons (Fsp3) is 0.259. The Balaban J connectivity index is 1.57. The Morgan fingerprint density at radius 3 is 2.34 bits per heavy atom. The van der Waals surface area contributed by atoms with E-state index in [1.165, 1.54) is 12.1 Å². The number of benzene rings is 3. The molecule has 0 bridgehead atoms. The van der Waals surface area contributed by atoms with E-state index in [-0.39, 0.29) is 17.3 Å². The van der Waals surface area contributed by atoms with E-state index in [9.17, 15) is 18.0 Å². The Hall–Kier alpha value is -3.65. The van der Waals surface area contributed by atoms with E-state index in [2.05, 4.69) is 5.32 Å². The minimum atomic E-state index is -3.96. The Labute approximate surface area is 206 Å². The van der Waals surface area contributed by atoms with Gasteiger partial charge in [0, 0.05) is 24.3 Å². The quantitative estimate of drug-likeness (QED) is 0.502. The van der Waals surface area contributed by atoms with E-state index >= 15 is 0 Å². The van der Waals surface area contributed by atoms with Crippen LogP contribution in [0.25, 0.3) is 0 Å². The maximum absolute atomic E-state index is 13.5. The molecule has 8 heteroatoms. The molecule has 0 unspecified atom stereocenters. The van der Waals surface area contributed by atoms with Gasteiger partial charge >= 0.3 is 0 Å². The van der Waals surface area contributed by atoms with Crippen molar-refractivity contribution in [1.82, 2.24) is 0 Å². The Morgan fingerprint density at radius 1 is 1.03 bits per heavy atom. The molecule has 0 atom stereocenters. The number of aryl methyl sites for hydroxylation is 2. The van der Waals surface area contributed by atoms with Gasteiger partial charge in [-0.3, -0.25) is 13.9 Å². The first kappa shape index (κ1) is 24.5. The number of nitrogens with one attached hydrogen (secondary N) is 1. The molecule has 1 fully saturated rings. The maximum Gasteiger partial charge on any atom is 0.264 e. The van der Waals surface area contributed by atoms with Crippen molar-refractivity contribution in [2.75, 3.05) is 27.6 Å². The average Bonchev–Trinajstić information content (AvgIpc) is 3.28. The predicted octanol–water partition coefficient (Wildman–Crippen LogP) is 4.52. The van der Waals surface area contributed by atoms with Crippen LogP contribution in [0.5, 0.6) is 0 Å². The molecule has 1 N–H and O–H groups in total. The zero-order valence-corrected chi connectivity index (χ0v) is 20.7. The summed E-state index contributed by atoms with van der Waals surface area (Å²) < 4.78 is 28.0. The van der Waals surface area contributed by atoms with Crippen molar-refractivity contribution >= 4 is 38.9 Å². The summed E-state index contributed by atoms with van der Waals surface area (Å²) >= 11 is 0. The summed E-state index contributed by atoms with van der Waals surface area (Å²) in [5, 5.41) is 2.81. The molecule has 35 heavy (non-hydrogen) atoms. The van der Waals surface area contributed by atoms with Crippen LogP contribution in [0.15, 0.2) is 77.7 Å². The van der Waals surface area contributed by atoms with Gasteiger partial charge in [0.1, 0.15) is 6.54 Å². The molecule has 182 valence electrons. The van der Waals surface area contributed by atoms with Gasteiger partial charge in [-0.25, -0.2) is 8.42 Å². The van der Waals surface area contributed by atoms with Crippen molar-refractivity contribution in [3.63, 3.8) is 0 Å². The normalized spacial score (nSPS) is 13.7. The summed E-state index contributed by atoms with van der Waals surface area (Å²) in [6, 6.07) is 20.6. The molecule has 0 aromatic heterocycles. The molecule has 0 spiro atoms. The summed E-state index contributed by atoms with van der Waals surface area (Å²) in [5.74, 6) is -0.366. The first-order chi connectivity index (χ1) is 16.8. The van der Waals surface area contributed by atoms with Gasteiger partial charge in [0.2, 0.25) is 11.8 Å². The molecule has 1 heterocycles. The summed E-state index contributed by atoms with van der Waals surface area (Å²) in [6.45, 7) is 4.22. The number of anilines is 3. The van der Waals surface area contributed by atoms with Crippen molar-refractivity contribution in [1.29, 1.82) is 0 Å². The zero-order chi connectivity index (χ0) is 25.0. The van der Waals surface area contributed by atoms with E-state index in [1.807, 2.05) is 32.0 Å². The molecule has 1 aliphatic heterocycles. The van der Waals surface area contributed by atoms with Gasteiger partial charge in [0.25, 0.3) is 10.0 Å². The second-order valence-electron chi connectivity index (χ2n) is 8.54.